The third-order valence-electron chi connectivity index (χ3n) is 3.13. The van der Waals surface area contributed by atoms with Crippen molar-refractivity contribution in [1.82, 2.24) is 9.88 Å². The van der Waals surface area contributed by atoms with Gasteiger partial charge in [-0.25, -0.2) is 9.78 Å². The van der Waals surface area contributed by atoms with Crippen molar-refractivity contribution in [3.63, 3.8) is 0 Å². The molecule has 0 aliphatic rings. The van der Waals surface area contributed by atoms with E-state index in [0.29, 0.717) is 17.7 Å². The number of esters is 1. The Labute approximate surface area is 133 Å². The maximum Gasteiger partial charge on any atom is 0.337 e. The largest absolute Gasteiger partial charge is 0.465 e. The molecule has 0 saturated carbocycles. The molecule has 1 aromatic heterocycles. The molecule has 6 heteroatoms. The smallest absolute Gasteiger partial charge is 0.337 e. The summed E-state index contributed by atoms with van der Waals surface area (Å²) in [4.78, 5) is 30.1. The van der Waals surface area contributed by atoms with Crippen LogP contribution >= 0.6 is 11.3 Å². The molecule has 1 amide bonds. The van der Waals surface area contributed by atoms with Gasteiger partial charge in [-0.3, -0.25) is 4.79 Å². The molecular formula is C16H18N2O3S. The van der Waals surface area contributed by atoms with E-state index in [-0.39, 0.29) is 5.91 Å². The van der Waals surface area contributed by atoms with Crippen LogP contribution in [0, 0.1) is 13.8 Å². The van der Waals surface area contributed by atoms with Crippen molar-refractivity contribution in [2.45, 2.75) is 20.4 Å². The number of amides is 1. The van der Waals surface area contributed by atoms with Crippen LogP contribution in [-0.4, -0.2) is 35.9 Å². The number of carbonyl (C=O) groups is 2. The second-order valence-corrected chi connectivity index (χ2v) is 6.07. The normalized spacial score (nSPS) is 10.4. The standard InChI is InChI=1S/C16H18N2O3S/c1-10-5-12(7-13(6-10)16(20)21-4)15(19)18(3)8-14-17-11(2)9-22-14/h5-7,9H,8H2,1-4H3. The highest BCUT2D eigenvalue weighted by atomic mass is 32.1. The lowest BCUT2D eigenvalue weighted by molar-refractivity contribution is 0.0600. The fraction of sp³-hybridized carbons (Fsp3) is 0.312. The van der Waals surface area contributed by atoms with E-state index in [2.05, 4.69) is 4.98 Å². The number of hydrogen-bond acceptors (Lipinski definition) is 5. The van der Waals surface area contributed by atoms with Crippen molar-refractivity contribution in [2.75, 3.05) is 14.2 Å². The number of carbonyl (C=O) groups excluding carboxylic acids is 2. The molecule has 0 bridgehead atoms. The molecule has 0 fully saturated rings. The minimum absolute atomic E-state index is 0.151. The lowest BCUT2D eigenvalue weighted by atomic mass is 10.1. The van der Waals surface area contributed by atoms with Gasteiger partial charge < -0.3 is 9.64 Å². The average molecular weight is 318 g/mol. The van der Waals surface area contributed by atoms with Gasteiger partial charge in [0.05, 0.1) is 19.2 Å². The van der Waals surface area contributed by atoms with E-state index in [0.717, 1.165) is 16.3 Å². The fourth-order valence-electron chi connectivity index (χ4n) is 2.11. The number of methoxy groups -OCH3 is 1. The van der Waals surface area contributed by atoms with Crippen LogP contribution in [0.25, 0.3) is 0 Å². The number of nitrogens with zero attached hydrogens (tertiary/aromatic N) is 2. The highest BCUT2D eigenvalue weighted by molar-refractivity contribution is 7.09. The molecule has 1 heterocycles. The lowest BCUT2D eigenvalue weighted by Crippen LogP contribution is -2.26. The summed E-state index contributed by atoms with van der Waals surface area (Å²) in [6, 6.07) is 5.02. The maximum atomic E-state index is 12.5. The Morgan fingerprint density at radius 3 is 2.50 bits per heavy atom. The number of benzene rings is 1. The fourth-order valence-corrected chi connectivity index (χ4v) is 2.94. The summed E-state index contributed by atoms with van der Waals surface area (Å²) in [6.07, 6.45) is 0. The van der Waals surface area contributed by atoms with E-state index in [9.17, 15) is 9.59 Å². The van der Waals surface area contributed by atoms with Gasteiger partial charge in [-0.1, -0.05) is 0 Å². The van der Waals surface area contributed by atoms with E-state index >= 15 is 0 Å². The third-order valence-corrected chi connectivity index (χ3v) is 4.08. The molecule has 2 rings (SSSR count). The van der Waals surface area contributed by atoms with Crippen molar-refractivity contribution < 1.29 is 14.3 Å². The molecule has 5 nitrogen and oxygen atoms in total. The Morgan fingerprint density at radius 2 is 1.91 bits per heavy atom. The van der Waals surface area contributed by atoms with Crippen LogP contribution in [0.15, 0.2) is 23.6 Å². The zero-order valence-corrected chi connectivity index (χ0v) is 13.9. The molecule has 0 aliphatic carbocycles. The summed E-state index contributed by atoms with van der Waals surface area (Å²) in [5, 5.41) is 2.84. The van der Waals surface area contributed by atoms with E-state index < -0.39 is 5.97 Å². The molecule has 0 radical (unpaired) electrons. The summed E-state index contributed by atoms with van der Waals surface area (Å²) in [5.74, 6) is -0.599. The van der Waals surface area contributed by atoms with E-state index in [1.54, 1.807) is 30.1 Å². The van der Waals surface area contributed by atoms with Crippen molar-refractivity contribution >= 4 is 23.2 Å². The molecule has 0 unspecified atom stereocenters. The minimum atomic E-state index is -0.448. The first kappa shape index (κ1) is 16.2. The van der Waals surface area contributed by atoms with Crippen molar-refractivity contribution in [1.29, 1.82) is 0 Å². The topological polar surface area (TPSA) is 59.5 Å². The number of ether oxygens (including phenoxy) is 1. The number of hydrogen-bond donors (Lipinski definition) is 0. The van der Waals surface area contributed by atoms with Gasteiger partial charge in [0.1, 0.15) is 5.01 Å². The Morgan fingerprint density at radius 1 is 1.23 bits per heavy atom. The SMILES string of the molecule is COC(=O)c1cc(C)cc(C(=O)N(C)Cc2nc(C)cs2)c1. The van der Waals surface area contributed by atoms with E-state index in [4.69, 9.17) is 4.74 Å². The van der Waals surface area contributed by atoms with Gasteiger partial charge in [0, 0.05) is 23.7 Å². The van der Waals surface area contributed by atoms with Crippen LogP contribution in [0.1, 0.15) is 37.0 Å². The van der Waals surface area contributed by atoms with Crippen LogP contribution in [0.2, 0.25) is 0 Å². The first-order chi connectivity index (χ1) is 10.4. The molecular weight excluding hydrogens is 300 g/mol. The molecule has 2 aromatic rings. The molecule has 0 atom stereocenters. The van der Waals surface area contributed by atoms with Crippen LogP contribution in [0.4, 0.5) is 0 Å². The zero-order chi connectivity index (χ0) is 16.3. The second kappa shape index (κ2) is 6.70. The van der Waals surface area contributed by atoms with Gasteiger partial charge >= 0.3 is 5.97 Å². The molecule has 0 spiro atoms. The van der Waals surface area contributed by atoms with Crippen LogP contribution in [-0.2, 0) is 11.3 Å². The van der Waals surface area contributed by atoms with Crippen LogP contribution in [0.5, 0.6) is 0 Å². The number of aryl methyl sites for hydroxylation is 2. The molecule has 116 valence electrons. The third kappa shape index (κ3) is 3.71. The van der Waals surface area contributed by atoms with Gasteiger partial charge in [-0.2, -0.15) is 0 Å². The van der Waals surface area contributed by atoms with Gasteiger partial charge in [-0.15, -0.1) is 11.3 Å². The monoisotopic (exact) mass is 318 g/mol. The predicted octanol–water partition coefficient (Wildman–Crippen LogP) is 2.82. The summed E-state index contributed by atoms with van der Waals surface area (Å²) in [6.45, 7) is 4.21. The quantitative estimate of drug-likeness (QED) is 0.813. The van der Waals surface area contributed by atoms with Crippen LogP contribution < -0.4 is 0 Å². The van der Waals surface area contributed by atoms with Crippen molar-refractivity contribution in [3.05, 3.63) is 51.0 Å². The molecule has 0 N–H and O–H groups in total. The molecule has 1 aromatic carbocycles. The number of thiazole rings is 1. The molecule has 22 heavy (non-hydrogen) atoms. The number of aromatic nitrogens is 1. The molecule has 0 saturated heterocycles. The number of rotatable bonds is 4. The average Bonchev–Trinajstić information content (AvgIpc) is 2.89. The lowest BCUT2D eigenvalue weighted by Gasteiger charge is -2.16. The first-order valence-electron chi connectivity index (χ1n) is 6.77. The van der Waals surface area contributed by atoms with E-state index in [1.807, 2.05) is 19.2 Å². The second-order valence-electron chi connectivity index (χ2n) is 5.12. The minimum Gasteiger partial charge on any atom is -0.465 e. The summed E-state index contributed by atoms with van der Waals surface area (Å²) in [5.41, 5.74) is 2.63. The van der Waals surface area contributed by atoms with Gasteiger partial charge in [0.15, 0.2) is 0 Å². The first-order valence-corrected chi connectivity index (χ1v) is 7.65. The van der Waals surface area contributed by atoms with Gasteiger partial charge in [-0.05, 0) is 37.6 Å². The van der Waals surface area contributed by atoms with E-state index in [1.165, 1.54) is 18.4 Å². The van der Waals surface area contributed by atoms with Crippen LogP contribution in [0.3, 0.4) is 0 Å². The highest BCUT2D eigenvalue weighted by Crippen LogP contribution is 2.16. The zero-order valence-electron chi connectivity index (χ0n) is 13.0. The van der Waals surface area contributed by atoms with Crippen molar-refractivity contribution in [2.24, 2.45) is 0 Å². The Kier molecular flexibility index (Phi) is 4.92. The summed E-state index contributed by atoms with van der Waals surface area (Å²) < 4.78 is 4.71. The Bertz CT molecular complexity index is 709. The Hall–Kier alpha value is -2.21. The summed E-state index contributed by atoms with van der Waals surface area (Å²) >= 11 is 1.53. The highest BCUT2D eigenvalue weighted by Gasteiger charge is 2.16. The summed E-state index contributed by atoms with van der Waals surface area (Å²) in [7, 11) is 3.04. The Balaban J connectivity index is 2.21. The predicted molar refractivity (Wildman–Crippen MR) is 85.2 cm³/mol. The van der Waals surface area contributed by atoms with Gasteiger partial charge in [0.25, 0.3) is 5.91 Å². The molecule has 0 aliphatic heterocycles. The van der Waals surface area contributed by atoms with Gasteiger partial charge in [0.2, 0.25) is 0 Å². The van der Waals surface area contributed by atoms with Crippen molar-refractivity contribution in [3.8, 4) is 0 Å². The maximum absolute atomic E-state index is 12.5.